The summed E-state index contributed by atoms with van der Waals surface area (Å²) in [5, 5.41) is 11.9. The van der Waals surface area contributed by atoms with Gasteiger partial charge >= 0.3 is 0 Å². The summed E-state index contributed by atoms with van der Waals surface area (Å²) in [6.07, 6.45) is 3.90. The van der Waals surface area contributed by atoms with Crippen molar-refractivity contribution in [1.82, 2.24) is 15.5 Å². The third kappa shape index (κ3) is 2.72. The summed E-state index contributed by atoms with van der Waals surface area (Å²) in [5.41, 5.74) is 0. The van der Waals surface area contributed by atoms with Gasteiger partial charge in [-0.25, -0.2) is 0 Å². The molecule has 0 amide bonds. The van der Waals surface area contributed by atoms with Crippen LogP contribution in [0.3, 0.4) is 0 Å². The second kappa shape index (κ2) is 4.79. The Bertz CT molecular complexity index is 283. The molecule has 1 aliphatic rings. The molecular weight excluding hydrogens is 198 g/mol. The minimum Gasteiger partial charge on any atom is -0.416 e. The van der Waals surface area contributed by atoms with E-state index in [0.717, 1.165) is 12.3 Å². The van der Waals surface area contributed by atoms with Crippen molar-refractivity contribution in [2.75, 3.05) is 12.3 Å². The smallest absolute Gasteiger partial charge is 0.276 e. The van der Waals surface area contributed by atoms with Crippen LogP contribution in [0.5, 0.6) is 0 Å². The molecule has 4 nitrogen and oxygen atoms in total. The first kappa shape index (κ1) is 9.98. The van der Waals surface area contributed by atoms with Crippen LogP contribution in [-0.2, 0) is 0 Å². The van der Waals surface area contributed by atoms with Crippen LogP contribution in [-0.4, -0.2) is 28.5 Å². The van der Waals surface area contributed by atoms with E-state index in [-0.39, 0.29) is 0 Å². The topological polar surface area (TPSA) is 51.0 Å². The average molecular weight is 213 g/mol. The van der Waals surface area contributed by atoms with Gasteiger partial charge in [-0.1, -0.05) is 18.2 Å². The predicted molar refractivity (Wildman–Crippen MR) is 55.4 cm³/mol. The lowest BCUT2D eigenvalue weighted by atomic mass is 10.1. The van der Waals surface area contributed by atoms with Crippen LogP contribution in [0.1, 0.15) is 25.2 Å². The third-order valence-corrected chi connectivity index (χ3v) is 3.31. The molecule has 0 aliphatic carbocycles. The number of aryl methyl sites for hydroxylation is 1. The summed E-state index contributed by atoms with van der Waals surface area (Å²) in [4.78, 5) is 0. The van der Waals surface area contributed by atoms with E-state index in [4.69, 9.17) is 4.42 Å². The summed E-state index contributed by atoms with van der Waals surface area (Å²) >= 11 is 1.64. The largest absolute Gasteiger partial charge is 0.416 e. The highest BCUT2D eigenvalue weighted by atomic mass is 32.2. The minimum atomic E-state index is 0.612. The fraction of sp³-hybridized carbons (Fsp3) is 0.778. The number of hydrogen-bond acceptors (Lipinski definition) is 5. The van der Waals surface area contributed by atoms with E-state index in [1.54, 1.807) is 11.8 Å². The van der Waals surface area contributed by atoms with Crippen LogP contribution in [0.4, 0.5) is 0 Å². The van der Waals surface area contributed by atoms with Gasteiger partial charge in [0, 0.05) is 18.7 Å². The molecule has 1 unspecified atom stereocenters. The van der Waals surface area contributed by atoms with Crippen LogP contribution >= 0.6 is 11.8 Å². The maximum Gasteiger partial charge on any atom is 0.276 e. The molecule has 1 aliphatic heterocycles. The Kier molecular flexibility index (Phi) is 3.42. The van der Waals surface area contributed by atoms with Crippen molar-refractivity contribution in [1.29, 1.82) is 0 Å². The Labute approximate surface area is 87.9 Å². The molecule has 0 saturated carbocycles. The Morgan fingerprint density at radius 2 is 2.43 bits per heavy atom. The van der Waals surface area contributed by atoms with Crippen LogP contribution in [0.2, 0.25) is 0 Å². The number of nitrogens with zero attached hydrogens (tertiary/aromatic N) is 2. The zero-order valence-corrected chi connectivity index (χ0v) is 9.14. The Morgan fingerprint density at radius 1 is 1.50 bits per heavy atom. The average Bonchev–Trinajstić information content (AvgIpc) is 2.63. The summed E-state index contributed by atoms with van der Waals surface area (Å²) in [6, 6.07) is 0.612. The molecule has 1 aromatic heterocycles. The van der Waals surface area contributed by atoms with Gasteiger partial charge in [0.25, 0.3) is 5.22 Å². The molecule has 0 radical (unpaired) electrons. The summed E-state index contributed by atoms with van der Waals surface area (Å²) in [6.45, 7) is 2.96. The van der Waals surface area contributed by atoms with Crippen molar-refractivity contribution in [3.8, 4) is 0 Å². The molecule has 2 heterocycles. The van der Waals surface area contributed by atoms with Crippen molar-refractivity contribution in [2.24, 2.45) is 0 Å². The zero-order valence-electron chi connectivity index (χ0n) is 8.32. The fourth-order valence-corrected chi connectivity index (χ4v) is 2.48. The van der Waals surface area contributed by atoms with Crippen LogP contribution in [0.15, 0.2) is 9.64 Å². The fourth-order valence-electron chi connectivity index (χ4n) is 1.57. The van der Waals surface area contributed by atoms with Gasteiger partial charge in [-0.2, -0.15) is 0 Å². The van der Waals surface area contributed by atoms with E-state index in [9.17, 15) is 0 Å². The standard InChI is InChI=1S/C9H15N3OS/c1-7-11-12-9(13-7)14-6-8-4-2-3-5-10-8/h8,10H,2-6H2,1H3. The predicted octanol–water partition coefficient (Wildman–Crippen LogP) is 1.61. The molecule has 1 saturated heterocycles. The molecule has 14 heavy (non-hydrogen) atoms. The molecule has 0 bridgehead atoms. The molecular formula is C9H15N3OS. The number of piperidine rings is 1. The highest BCUT2D eigenvalue weighted by Crippen LogP contribution is 2.19. The van der Waals surface area contributed by atoms with Crippen molar-refractivity contribution in [3.63, 3.8) is 0 Å². The quantitative estimate of drug-likeness (QED) is 0.773. The van der Waals surface area contributed by atoms with Gasteiger partial charge in [-0.05, 0) is 19.4 Å². The van der Waals surface area contributed by atoms with Gasteiger partial charge in [-0.15, -0.1) is 10.2 Å². The highest BCUT2D eigenvalue weighted by Gasteiger charge is 2.14. The molecule has 0 spiro atoms. The SMILES string of the molecule is Cc1nnc(SCC2CCCCN2)o1. The van der Waals surface area contributed by atoms with Crippen LogP contribution in [0, 0.1) is 6.92 Å². The molecule has 2 rings (SSSR count). The summed E-state index contributed by atoms with van der Waals surface area (Å²) in [7, 11) is 0. The maximum absolute atomic E-state index is 5.29. The Balaban J connectivity index is 1.76. The van der Waals surface area contributed by atoms with Gasteiger partial charge < -0.3 is 9.73 Å². The lowest BCUT2D eigenvalue weighted by Crippen LogP contribution is -2.35. The van der Waals surface area contributed by atoms with E-state index in [0.29, 0.717) is 17.2 Å². The van der Waals surface area contributed by atoms with Gasteiger partial charge in [0.05, 0.1) is 0 Å². The van der Waals surface area contributed by atoms with E-state index in [1.165, 1.54) is 19.3 Å². The van der Waals surface area contributed by atoms with E-state index < -0.39 is 0 Å². The number of nitrogens with one attached hydrogen (secondary N) is 1. The third-order valence-electron chi connectivity index (χ3n) is 2.33. The number of aromatic nitrogens is 2. The van der Waals surface area contributed by atoms with E-state index >= 15 is 0 Å². The first-order chi connectivity index (χ1) is 6.84. The van der Waals surface area contributed by atoms with Gasteiger partial charge in [0.2, 0.25) is 5.89 Å². The minimum absolute atomic E-state index is 0.612. The maximum atomic E-state index is 5.29. The van der Waals surface area contributed by atoms with E-state index in [1.807, 2.05) is 6.92 Å². The molecule has 1 N–H and O–H groups in total. The second-order valence-corrected chi connectivity index (χ2v) is 4.52. The second-order valence-electron chi connectivity index (χ2n) is 3.54. The van der Waals surface area contributed by atoms with Gasteiger partial charge in [0.1, 0.15) is 0 Å². The Morgan fingerprint density at radius 3 is 3.07 bits per heavy atom. The molecule has 0 aromatic carbocycles. The molecule has 1 fully saturated rings. The lowest BCUT2D eigenvalue weighted by Gasteiger charge is -2.22. The zero-order chi connectivity index (χ0) is 9.80. The first-order valence-corrected chi connectivity index (χ1v) is 5.99. The number of rotatable bonds is 3. The first-order valence-electron chi connectivity index (χ1n) is 5.01. The highest BCUT2D eigenvalue weighted by molar-refractivity contribution is 7.99. The van der Waals surface area contributed by atoms with Crippen molar-refractivity contribution in [2.45, 2.75) is 37.5 Å². The normalized spacial score (nSPS) is 22.5. The number of hydrogen-bond donors (Lipinski definition) is 1. The molecule has 1 aromatic rings. The van der Waals surface area contributed by atoms with Crippen molar-refractivity contribution >= 4 is 11.8 Å². The number of thioether (sulfide) groups is 1. The lowest BCUT2D eigenvalue weighted by molar-refractivity contribution is 0.418. The van der Waals surface area contributed by atoms with Crippen LogP contribution < -0.4 is 5.32 Å². The van der Waals surface area contributed by atoms with E-state index in [2.05, 4.69) is 15.5 Å². The molecule has 78 valence electrons. The molecule has 1 atom stereocenters. The summed E-state index contributed by atoms with van der Waals surface area (Å²) in [5.74, 6) is 1.67. The monoisotopic (exact) mass is 213 g/mol. The van der Waals surface area contributed by atoms with Crippen molar-refractivity contribution in [3.05, 3.63) is 5.89 Å². The van der Waals surface area contributed by atoms with Crippen molar-refractivity contribution < 1.29 is 4.42 Å². The van der Waals surface area contributed by atoms with Gasteiger partial charge in [-0.3, -0.25) is 0 Å². The summed E-state index contributed by atoms with van der Waals surface area (Å²) < 4.78 is 5.29. The van der Waals surface area contributed by atoms with Crippen LogP contribution in [0.25, 0.3) is 0 Å². The van der Waals surface area contributed by atoms with Gasteiger partial charge in [0.15, 0.2) is 0 Å². The Hall–Kier alpha value is -0.550. The molecule has 5 heteroatoms.